The normalized spacial score (nSPS) is 10.5. The summed E-state index contributed by atoms with van der Waals surface area (Å²) in [6, 6.07) is 9.86. The Kier molecular flexibility index (Phi) is 4.72. The van der Waals surface area contributed by atoms with Gasteiger partial charge in [0.1, 0.15) is 17.9 Å². The fourth-order valence-electron chi connectivity index (χ4n) is 1.57. The Morgan fingerprint density at radius 2 is 2.11 bits per heavy atom. The second kappa shape index (κ2) is 6.76. The van der Waals surface area contributed by atoms with Gasteiger partial charge >= 0.3 is 0 Å². The minimum absolute atomic E-state index is 0.718. The van der Waals surface area contributed by atoms with E-state index in [-0.39, 0.29) is 0 Å². The molecule has 5 heteroatoms. The molecular weight excluding hydrogens is 228 g/mol. The van der Waals surface area contributed by atoms with Crippen LogP contribution in [0.15, 0.2) is 36.7 Å². The van der Waals surface area contributed by atoms with Crippen LogP contribution in [0.3, 0.4) is 0 Å². The lowest BCUT2D eigenvalue weighted by molar-refractivity contribution is 0.307. The van der Waals surface area contributed by atoms with Crippen LogP contribution >= 0.6 is 0 Å². The topological polar surface area (TPSA) is 52.0 Å². The van der Waals surface area contributed by atoms with Gasteiger partial charge < -0.3 is 14.6 Å². The molecule has 1 aromatic heterocycles. The van der Waals surface area contributed by atoms with Crippen LogP contribution in [0.1, 0.15) is 12.2 Å². The molecule has 0 spiro atoms. The molecule has 1 N–H and O–H groups in total. The molecule has 0 aliphatic heterocycles. The van der Waals surface area contributed by atoms with E-state index in [9.17, 15) is 0 Å². The fraction of sp³-hybridized carbons (Fsp3) is 0.385. The molecule has 0 atom stereocenters. The van der Waals surface area contributed by atoms with Gasteiger partial charge in [0, 0.05) is 7.05 Å². The van der Waals surface area contributed by atoms with Crippen molar-refractivity contribution in [1.29, 1.82) is 0 Å². The zero-order valence-electron chi connectivity index (χ0n) is 10.5. The van der Waals surface area contributed by atoms with Gasteiger partial charge in [-0.25, -0.2) is 0 Å². The third kappa shape index (κ3) is 3.85. The predicted octanol–water partition coefficient (Wildman–Crippen LogP) is 1.37. The molecule has 0 fully saturated rings. The van der Waals surface area contributed by atoms with Gasteiger partial charge in [0.2, 0.25) is 0 Å². The monoisotopic (exact) mass is 246 g/mol. The van der Waals surface area contributed by atoms with Crippen LogP contribution in [0.4, 0.5) is 0 Å². The van der Waals surface area contributed by atoms with E-state index in [1.807, 2.05) is 41.9 Å². The molecule has 1 heterocycles. The van der Waals surface area contributed by atoms with E-state index < -0.39 is 0 Å². The lowest BCUT2D eigenvalue weighted by Gasteiger charge is -2.06. The Morgan fingerprint density at radius 3 is 2.83 bits per heavy atom. The molecule has 2 rings (SSSR count). The number of para-hydroxylation sites is 1. The van der Waals surface area contributed by atoms with Crippen molar-refractivity contribution in [2.45, 2.75) is 13.0 Å². The van der Waals surface area contributed by atoms with Crippen LogP contribution in [-0.4, -0.2) is 27.9 Å². The minimum Gasteiger partial charge on any atom is -0.494 e. The van der Waals surface area contributed by atoms with Gasteiger partial charge in [-0.1, -0.05) is 18.2 Å². The highest BCUT2D eigenvalue weighted by Gasteiger charge is 1.98. The van der Waals surface area contributed by atoms with Crippen molar-refractivity contribution in [2.75, 3.05) is 13.2 Å². The summed E-state index contributed by atoms with van der Waals surface area (Å²) in [5, 5.41) is 11.1. The molecule has 2 aromatic rings. The molecule has 18 heavy (non-hydrogen) atoms. The highest BCUT2D eigenvalue weighted by Crippen LogP contribution is 2.07. The number of nitrogens with zero attached hydrogens (tertiary/aromatic N) is 3. The molecule has 5 nitrogen and oxygen atoms in total. The summed E-state index contributed by atoms with van der Waals surface area (Å²) in [4.78, 5) is 0. The molecule has 96 valence electrons. The number of hydrogen-bond donors (Lipinski definition) is 1. The van der Waals surface area contributed by atoms with Crippen molar-refractivity contribution < 1.29 is 4.74 Å². The third-order valence-electron chi connectivity index (χ3n) is 2.60. The molecule has 0 unspecified atom stereocenters. The summed E-state index contributed by atoms with van der Waals surface area (Å²) in [6.45, 7) is 2.36. The number of benzene rings is 1. The summed E-state index contributed by atoms with van der Waals surface area (Å²) >= 11 is 0. The number of aryl methyl sites for hydroxylation is 1. The first-order chi connectivity index (χ1) is 8.86. The van der Waals surface area contributed by atoms with Gasteiger partial charge in [0.25, 0.3) is 0 Å². The average molecular weight is 246 g/mol. The van der Waals surface area contributed by atoms with E-state index in [1.165, 1.54) is 0 Å². The van der Waals surface area contributed by atoms with Crippen LogP contribution in [0, 0.1) is 0 Å². The van der Waals surface area contributed by atoms with Crippen molar-refractivity contribution in [2.24, 2.45) is 7.05 Å². The van der Waals surface area contributed by atoms with Gasteiger partial charge in [0.05, 0.1) is 13.2 Å². The highest BCUT2D eigenvalue weighted by molar-refractivity contribution is 5.20. The maximum absolute atomic E-state index is 5.59. The molecule has 0 amide bonds. The number of rotatable bonds is 7. The quantitative estimate of drug-likeness (QED) is 0.750. The Hall–Kier alpha value is -1.88. The first kappa shape index (κ1) is 12.6. The maximum Gasteiger partial charge on any atom is 0.146 e. The van der Waals surface area contributed by atoms with Gasteiger partial charge in [-0.2, -0.15) is 0 Å². The second-order valence-corrected chi connectivity index (χ2v) is 4.05. The highest BCUT2D eigenvalue weighted by atomic mass is 16.5. The smallest absolute Gasteiger partial charge is 0.146 e. The third-order valence-corrected chi connectivity index (χ3v) is 2.60. The van der Waals surface area contributed by atoms with Gasteiger partial charge in [-0.3, -0.25) is 0 Å². The Labute approximate surface area is 107 Å². The Balaban J connectivity index is 1.56. The van der Waals surface area contributed by atoms with E-state index in [0.717, 1.165) is 37.7 Å². The molecule has 1 aromatic carbocycles. The molecule has 0 bridgehead atoms. The van der Waals surface area contributed by atoms with Gasteiger partial charge in [0.15, 0.2) is 0 Å². The second-order valence-electron chi connectivity index (χ2n) is 4.05. The molecule has 0 saturated heterocycles. The first-order valence-corrected chi connectivity index (χ1v) is 6.07. The van der Waals surface area contributed by atoms with E-state index in [1.54, 1.807) is 6.33 Å². The van der Waals surface area contributed by atoms with Crippen LogP contribution in [-0.2, 0) is 13.6 Å². The standard InChI is InChI=1S/C13H18N4O/c1-17-11-15-16-13(17)10-14-8-5-9-18-12-6-3-2-4-7-12/h2-4,6-7,11,14H,5,8-10H2,1H3. The summed E-state index contributed by atoms with van der Waals surface area (Å²) in [5.74, 6) is 1.87. The largest absolute Gasteiger partial charge is 0.494 e. The van der Waals surface area contributed by atoms with Crippen molar-refractivity contribution in [3.05, 3.63) is 42.5 Å². The lowest BCUT2D eigenvalue weighted by Crippen LogP contribution is -2.19. The zero-order valence-corrected chi connectivity index (χ0v) is 10.5. The number of ether oxygens (including phenoxy) is 1. The molecule has 0 radical (unpaired) electrons. The Morgan fingerprint density at radius 1 is 1.28 bits per heavy atom. The predicted molar refractivity (Wildman–Crippen MR) is 69.3 cm³/mol. The SMILES string of the molecule is Cn1cnnc1CNCCCOc1ccccc1. The molecule has 0 aliphatic rings. The van der Waals surface area contributed by atoms with E-state index in [2.05, 4.69) is 15.5 Å². The minimum atomic E-state index is 0.718. The summed E-state index contributed by atoms with van der Waals surface area (Å²) in [5.41, 5.74) is 0. The lowest BCUT2D eigenvalue weighted by atomic mass is 10.3. The van der Waals surface area contributed by atoms with E-state index >= 15 is 0 Å². The van der Waals surface area contributed by atoms with E-state index in [0.29, 0.717) is 0 Å². The van der Waals surface area contributed by atoms with Gasteiger partial charge in [-0.05, 0) is 25.1 Å². The van der Waals surface area contributed by atoms with Crippen molar-refractivity contribution >= 4 is 0 Å². The summed E-state index contributed by atoms with van der Waals surface area (Å²) in [6.07, 6.45) is 2.67. The molecule has 0 saturated carbocycles. The first-order valence-electron chi connectivity index (χ1n) is 6.07. The fourth-order valence-corrected chi connectivity index (χ4v) is 1.57. The molecular formula is C13H18N4O. The summed E-state index contributed by atoms with van der Waals surface area (Å²) in [7, 11) is 1.94. The molecule has 0 aliphatic carbocycles. The zero-order chi connectivity index (χ0) is 12.6. The Bertz CT molecular complexity index is 455. The number of aromatic nitrogens is 3. The van der Waals surface area contributed by atoms with Crippen LogP contribution in [0.25, 0.3) is 0 Å². The maximum atomic E-state index is 5.59. The van der Waals surface area contributed by atoms with Crippen LogP contribution < -0.4 is 10.1 Å². The summed E-state index contributed by atoms with van der Waals surface area (Å²) < 4.78 is 7.50. The van der Waals surface area contributed by atoms with Crippen molar-refractivity contribution in [3.63, 3.8) is 0 Å². The van der Waals surface area contributed by atoms with Crippen molar-refractivity contribution in [1.82, 2.24) is 20.1 Å². The van der Waals surface area contributed by atoms with Crippen LogP contribution in [0.5, 0.6) is 5.75 Å². The van der Waals surface area contributed by atoms with Crippen LogP contribution in [0.2, 0.25) is 0 Å². The van der Waals surface area contributed by atoms with E-state index in [4.69, 9.17) is 4.74 Å². The number of nitrogens with one attached hydrogen (secondary N) is 1. The van der Waals surface area contributed by atoms with Gasteiger partial charge in [-0.15, -0.1) is 10.2 Å². The number of hydrogen-bond acceptors (Lipinski definition) is 4. The van der Waals surface area contributed by atoms with Crippen molar-refractivity contribution in [3.8, 4) is 5.75 Å². The average Bonchev–Trinajstić information content (AvgIpc) is 2.81.